The van der Waals surface area contributed by atoms with Gasteiger partial charge in [0.2, 0.25) is 0 Å². The van der Waals surface area contributed by atoms with E-state index in [1.807, 2.05) is 0 Å². The molecule has 1 aromatic carbocycles. The molecule has 2 aromatic heterocycles. The Bertz CT molecular complexity index is 846. The number of rotatable bonds is 4. The minimum Gasteiger partial charge on any atom is -0.267 e. The highest BCUT2D eigenvalue weighted by atomic mass is 19.1. The van der Waals surface area contributed by atoms with E-state index >= 15 is 0 Å². The molecule has 3 rings (SSSR count). The zero-order chi connectivity index (χ0) is 16.1. The van der Waals surface area contributed by atoms with Crippen molar-refractivity contribution in [1.29, 1.82) is 0 Å². The molecule has 0 saturated carbocycles. The minimum absolute atomic E-state index is 0.360. The number of nitrogens with one attached hydrogen (secondary N) is 1. The Kier molecular flexibility index (Phi) is 4.14. The average molecular weight is 310 g/mol. The number of hydrogen-bond acceptors (Lipinski definition) is 5. The second kappa shape index (κ2) is 6.56. The van der Waals surface area contributed by atoms with Gasteiger partial charge in [-0.15, -0.1) is 5.10 Å². The molecule has 7 nitrogen and oxygen atoms in total. The van der Waals surface area contributed by atoms with Gasteiger partial charge in [0.25, 0.3) is 5.91 Å². The molecule has 0 aliphatic carbocycles. The highest BCUT2D eigenvalue weighted by Gasteiger charge is 2.04. The van der Waals surface area contributed by atoms with E-state index < -0.39 is 0 Å². The first kappa shape index (κ1) is 14.5. The maximum atomic E-state index is 13.2. The standard InChI is InChI=1S/C15H11FN6O/c16-12-2-1-3-14(8-12)22-10-13(19-21-22)9-18-20-15(23)11-4-6-17-7-5-11/h1-10H,(H,20,23)/b18-9+. The van der Waals surface area contributed by atoms with E-state index in [1.165, 1.54) is 35.4 Å². The van der Waals surface area contributed by atoms with Crippen LogP contribution in [0.25, 0.3) is 5.69 Å². The average Bonchev–Trinajstić information content (AvgIpc) is 3.04. The van der Waals surface area contributed by atoms with Gasteiger partial charge < -0.3 is 0 Å². The number of benzene rings is 1. The van der Waals surface area contributed by atoms with E-state index in [0.29, 0.717) is 16.9 Å². The van der Waals surface area contributed by atoms with Crippen LogP contribution in [0.2, 0.25) is 0 Å². The summed E-state index contributed by atoms with van der Waals surface area (Å²) in [5, 5.41) is 11.6. The third kappa shape index (κ3) is 3.62. The highest BCUT2D eigenvalue weighted by Crippen LogP contribution is 2.08. The molecule has 8 heteroatoms. The number of halogens is 1. The third-order valence-electron chi connectivity index (χ3n) is 2.89. The number of hydrogen-bond donors (Lipinski definition) is 1. The Labute approximate surface area is 130 Å². The Morgan fingerprint density at radius 3 is 2.87 bits per heavy atom. The maximum absolute atomic E-state index is 13.2. The van der Waals surface area contributed by atoms with E-state index in [0.717, 1.165) is 0 Å². The van der Waals surface area contributed by atoms with E-state index in [9.17, 15) is 9.18 Å². The number of aromatic nitrogens is 4. The Morgan fingerprint density at radius 1 is 1.26 bits per heavy atom. The van der Waals surface area contributed by atoms with Gasteiger partial charge in [-0.25, -0.2) is 14.5 Å². The smallest absolute Gasteiger partial charge is 0.267 e. The van der Waals surface area contributed by atoms with Crippen LogP contribution in [0.5, 0.6) is 0 Å². The first-order valence-electron chi connectivity index (χ1n) is 6.64. The van der Waals surface area contributed by atoms with Gasteiger partial charge in [-0.3, -0.25) is 9.78 Å². The molecule has 0 aliphatic rings. The van der Waals surface area contributed by atoms with Gasteiger partial charge in [-0.2, -0.15) is 5.10 Å². The number of pyridine rings is 1. The summed E-state index contributed by atoms with van der Waals surface area (Å²) in [6.07, 6.45) is 5.95. The fraction of sp³-hybridized carbons (Fsp3) is 0. The number of carbonyl (C=O) groups excluding carboxylic acids is 1. The fourth-order valence-electron chi connectivity index (χ4n) is 1.81. The molecular weight excluding hydrogens is 299 g/mol. The van der Waals surface area contributed by atoms with Crippen molar-refractivity contribution >= 4 is 12.1 Å². The summed E-state index contributed by atoms with van der Waals surface area (Å²) in [4.78, 5) is 15.6. The summed E-state index contributed by atoms with van der Waals surface area (Å²) >= 11 is 0. The van der Waals surface area contributed by atoms with Crippen LogP contribution in [-0.4, -0.2) is 32.1 Å². The second-order valence-electron chi connectivity index (χ2n) is 4.50. The number of nitrogens with zero attached hydrogens (tertiary/aromatic N) is 5. The van der Waals surface area contributed by atoms with Gasteiger partial charge in [0.15, 0.2) is 0 Å². The van der Waals surface area contributed by atoms with Crippen LogP contribution in [0.3, 0.4) is 0 Å². The lowest BCUT2D eigenvalue weighted by Gasteiger charge is -1.98. The zero-order valence-electron chi connectivity index (χ0n) is 11.8. The molecule has 114 valence electrons. The second-order valence-corrected chi connectivity index (χ2v) is 4.50. The first-order valence-corrected chi connectivity index (χ1v) is 6.64. The van der Waals surface area contributed by atoms with Crippen molar-refractivity contribution in [2.24, 2.45) is 5.10 Å². The lowest BCUT2D eigenvalue weighted by atomic mass is 10.3. The molecule has 0 bridgehead atoms. The molecule has 0 unspecified atom stereocenters. The van der Waals surface area contributed by atoms with Crippen LogP contribution >= 0.6 is 0 Å². The molecule has 0 saturated heterocycles. The van der Waals surface area contributed by atoms with E-state index in [1.54, 1.807) is 30.5 Å². The van der Waals surface area contributed by atoms with E-state index in [-0.39, 0.29) is 11.7 Å². The van der Waals surface area contributed by atoms with Crippen LogP contribution in [0.15, 0.2) is 60.1 Å². The van der Waals surface area contributed by atoms with Gasteiger partial charge in [0, 0.05) is 18.0 Å². The largest absolute Gasteiger partial charge is 0.271 e. The SMILES string of the molecule is O=C(N/N=C/c1cn(-c2cccc(F)c2)nn1)c1ccncc1. The lowest BCUT2D eigenvalue weighted by Crippen LogP contribution is -2.17. The molecule has 0 fully saturated rings. The topological polar surface area (TPSA) is 85.1 Å². The summed E-state index contributed by atoms with van der Waals surface area (Å²) in [6.45, 7) is 0. The summed E-state index contributed by atoms with van der Waals surface area (Å²) in [7, 11) is 0. The summed E-state index contributed by atoms with van der Waals surface area (Å²) < 4.78 is 14.6. The highest BCUT2D eigenvalue weighted by molar-refractivity contribution is 5.94. The van der Waals surface area contributed by atoms with Crippen molar-refractivity contribution in [3.63, 3.8) is 0 Å². The van der Waals surface area contributed by atoms with Gasteiger partial charge >= 0.3 is 0 Å². The maximum Gasteiger partial charge on any atom is 0.271 e. The van der Waals surface area contributed by atoms with Gasteiger partial charge in [0.05, 0.1) is 18.1 Å². The molecule has 2 heterocycles. The van der Waals surface area contributed by atoms with Crippen LogP contribution in [0.1, 0.15) is 16.1 Å². The molecule has 0 aliphatic heterocycles. The monoisotopic (exact) mass is 310 g/mol. The van der Waals surface area contributed by atoms with Crippen molar-refractivity contribution < 1.29 is 9.18 Å². The normalized spacial score (nSPS) is 10.8. The van der Waals surface area contributed by atoms with Crippen molar-refractivity contribution in [2.75, 3.05) is 0 Å². The van der Waals surface area contributed by atoms with Crippen molar-refractivity contribution in [3.8, 4) is 5.69 Å². The third-order valence-corrected chi connectivity index (χ3v) is 2.89. The number of amides is 1. The van der Waals surface area contributed by atoms with Crippen molar-refractivity contribution in [2.45, 2.75) is 0 Å². The molecule has 1 amide bonds. The number of hydrazone groups is 1. The predicted octanol–water partition coefficient (Wildman–Crippen LogP) is 1.57. The van der Waals surface area contributed by atoms with Crippen LogP contribution in [0.4, 0.5) is 4.39 Å². The van der Waals surface area contributed by atoms with Gasteiger partial charge in [-0.05, 0) is 30.3 Å². The van der Waals surface area contributed by atoms with Crippen molar-refractivity contribution in [3.05, 3.63) is 72.1 Å². The van der Waals surface area contributed by atoms with Crippen LogP contribution < -0.4 is 5.43 Å². The summed E-state index contributed by atoms with van der Waals surface area (Å²) in [6, 6.07) is 9.10. The predicted molar refractivity (Wildman–Crippen MR) is 80.6 cm³/mol. The fourth-order valence-corrected chi connectivity index (χ4v) is 1.81. The summed E-state index contributed by atoms with van der Waals surface area (Å²) in [5.41, 5.74) is 3.78. The molecule has 3 aromatic rings. The Hall–Kier alpha value is -3.42. The number of carbonyl (C=O) groups is 1. The zero-order valence-corrected chi connectivity index (χ0v) is 11.8. The molecule has 0 spiro atoms. The summed E-state index contributed by atoms with van der Waals surface area (Å²) in [5.74, 6) is -0.723. The van der Waals surface area contributed by atoms with Crippen molar-refractivity contribution in [1.82, 2.24) is 25.4 Å². The van der Waals surface area contributed by atoms with Gasteiger partial charge in [-0.1, -0.05) is 11.3 Å². The quantitative estimate of drug-likeness (QED) is 0.585. The van der Waals surface area contributed by atoms with Crippen LogP contribution in [-0.2, 0) is 0 Å². The molecule has 1 N–H and O–H groups in total. The minimum atomic E-state index is -0.363. The lowest BCUT2D eigenvalue weighted by molar-refractivity contribution is 0.0955. The Morgan fingerprint density at radius 2 is 2.09 bits per heavy atom. The van der Waals surface area contributed by atoms with E-state index in [4.69, 9.17) is 0 Å². The van der Waals surface area contributed by atoms with Crippen LogP contribution in [0, 0.1) is 5.82 Å². The Balaban J connectivity index is 1.66. The van der Waals surface area contributed by atoms with E-state index in [2.05, 4.69) is 25.8 Å². The van der Waals surface area contributed by atoms with Gasteiger partial charge in [0.1, 0.15) is 11.5 Å². The molecule has 0 atom stereocenters. The molecular formula is C15H11FN6O. The first-order chi connectivity index (χ1) is 11.2. The molecule has 23 heavy (non-hydrogen) atoms. The molecule has 0 radical (unpaired) electrons.